The summed E-state index contributed by atoms with van der Waals surface area (Å²) in [5.74, 6) is -0.835. The van der Waals surface area contributed by atoms with E-state index in [1.165, 1.54) is 16.2 Å². The summed E-state index contributed by atoms with van der Waals surface area (Å²) in [6, 6.07) is 1.73. The monoisotopic (exact) mass is 198 g/mol. The van der Waals surface area contributed by atoms with Crippen molar-refractivity contribution in [1.29, 1.82) is 0 Å². The summed E-state index contributed by atoms with van der Waals surface area (Å²) >= 11 is 1.38. The predicted octanol–water partition coefficient (Wildman–Crippen LogP) is 1.91. The van der Waals surface area contributed by atoms with Crippen LogP contribution in [-0.2, 0) is 17.8 Å². The average Bonchev–Trinajstić information content (AvgIpc) is 2.38. The molecule has 0 unspecified atom stereocenters. The van der Waals surface area contributed by atoms with Gasteiger partial charge in [0.05, 0.1) is 6.61 Å². The molecule has 4 heteroatoms. The molecule has 0 radical (unpaired) electrons. The molecule has 13 heavy (non-hydrogen) atoms. The van der Waals surface area contributed by atoms with E-state index in [1.807, 2.05) is 0 Å². The fourth-order valence-electron chi connectivity index (χ4n) is 1.42. The molecule has 0 fully saturated rings. The van der Waals surface area contributed by atoms with Crippen molar-refractivity contribution in [2.45, 2.75) is 19.4 Å². The van der Waals surface area contributed by atoms with Crippen LogP contribution < -0.4 is 0 Å². The van der Waals surface area contributed by atoms with E-state index in [4.69, 9.17) is 9.84 Å². The molecule has 1 aromatic heterocycles. The number of ether oxygens (including phenoxy) is 1. The molecule has 3 nitrogen and oxygen atoms in total. The van der Waals surface area contributed by atoms with Gasteiger partial charge in [0.15, 0.2) is 0 Å². The number of hydrogen-bond acceptors (Lipinski definition) is 3. The zero-order chi connectivity index (χ0) is 9.26. The molecule has 0 saturated heterocycles. The van der Waals surface area contributed by atoms with Crippen LogP contribution in [0.2, 0.25) is 0 Å². The molecule has 0 atom stereocenters. The van der Waals surface area contributed by atoms with Gasteiger partial charge in [-0.3, -0.25) is 0 Å². The van der Waals surface area contributed by atoms with Crippen LogP contribution in [0.1, 0.15) is 26.5 Å². The lowest BCUT2D eigenvalue weighted by molar-refractivity contribution is 0.0702. The van der Waals surface area contributed by atoms with Gasteiger partial charge in [-0.1, -0.05) is 0 Å². The van der Waals surface area contributed by atoms with Crippen molar-refractivity contribution in [2.24, 2.45) is 0 Å². The molecule has 0 aromatic carbocycles. The Hall–Kier alpha value is -0.870. The molecule has 0 saturated carbocycles. The maximum Gasteiger partial charge on any atom is 0.345 e. The van der Waals surface area contributed by atoms with Gasteiger partial charge < -0.3 is 9.84 Å². The van der Waals surface area contributed by atoms with Crippen LogP contribution in [0.3, 0.4) is 0 Å². The van der Waals surface area contributed by atoms with Gasteiger partial charge in [0.25, 0.3) is 0 Å². The highest BCUT2D eigenvalue weighted by molar-refractivity contribution is 7.14. The Morgan fingerprint density at radius 2 is 2.46 bits per heavy atom. The van der Waals surface area contributed by atoms with E-state index in [-0.39, 0.29) is 0 Å². The van der Waals surface area contributed by atoms with Crippen LogP contribution in [0.25, 0.3) is 0 Å². The Kier molecular flexibility index (Phi) is 2.33. The zero-order valence-electron chi connectivity index (χ0n) is 7.08. The van der Waals surface area contributed by atoms with Gasteiger partial charge in [-0.05, 0) is 24.5 Å². The molecule has 1 aliphatic rings. The molecule has 0 aliphatic carbocycles. The number of hydrogen-bond donors (Lipinski definition) is 1. The summed E-state index contributed by atoms with van der Waals surface area (Å²) in [6.45, 7) is 1.35. The molecule has 1 aliphatic heterocycles. The number of aryl methyl sites for hydroxylation is 1. The standard InChI is InChI=1S/C9H10O3S/c10-9(11)8-4-6-5-12-3-1-2-7(6)13-8/h4H,1-3,5H2,(H,10,11). The Balaban J connectivity index is 2.32. The zero-order valence-corrected chi connectivity index (χ0v) is 7.89. The SMILES string of the molecule is O=C(O)c1cc2c(s1)CCCOC2. The minimum atomic E-state index is -0.835. The molecular formula is C9H10O3S. The van der Waals surface area contributed by atoms with Crippen LogP contribution in [0.15, 0.2) is 6.07 Å². The molecule has 0 spiro atoms. The summed E-state index contributed by atoms with van der Waals surface area (Å²) in [5, 5.41) is 8.77. The summed E-state index contributed by atoms with van der Waals surface area (Å²) in [6.07, 6.45) is 1.94. The number of carbonyl (C=O) groups is 1. The van der Waals surface area contributed by atoms with Gasteiger partial charge in [0, 0.05) is 11.5 Å². The number of thiophene rings is 1. The molecule has 2 rings (SSSR count). The van der Waals surface area contributed by atoms with Crippen molar-refractivity contribution in [1.82, 2.24) is 0 Å². The van der Waals surface area contributed by atoms with Crippen LogP contribution in [0.4, 0.5) is 0 Å². The first-order valence-corrected chi connectivity index (χ1v) is 5.01. The lowest BCUT2D eigenvalue weighted by atomic mass is 10.2. The molecule has 1 aromatic rings. The molecule has 0 bridgehead atoms. The first-order valence-electron chi connectivity index (χ1n) is 4.20. The average molecular weight is 198 g/mol. The molecule has 2 heterocycles. The normalized spacial score (nSPS) is 16.3. The molecule has 0 amide bonds. The first kappa shape index (κ1) is 8.72. The smallest absolute Gasteiger partial charge is 0.345 e. The largest absolute Gasteiger partial charge is 0.477 e. The predicted molar refractivity (Wildman–Crippen MR) is 49.3 cm³/mol. The Bertz CT molecular complexity index is 306. The van der Waals surface area contributed by atoms with Gasteiger partial charge in [0.2, 0.25) is 0 Å². The van der Waals surface area contributed by atoms with Crippen molar-refractivity contribution >= 4 is 17.3 Å². The summed E-state index contributed by atoms with van der Waals surface area (Å²) < 4.78 is 5.33. The van der Waals surface area contributed by atoms with E-state index in [9.17, 15) is 4.79 Å². The Morgan fingerprint density at radius 3 is 3.23 bits per heavy atom. The highest BCUT2D eigenvalue weighted by atomic mass is 32.1. The van der Waals surface area contributed by atoms with Crippen molar-refractivity contribution in [3.8, 4) is 0 Å². The molecular weight excluding hydrogens is 188 g/mol. The summed E-state index contributed by atoms with van der Waals surface area (Å²) in [4.78, 5) is 12.3. The fraction of sp³-hybridized carbons (Fsp3) is 0.444. The summed E-state index contributed by atoms with van der Waals surface area (Å²) in [7, 11) is 0. The van der Waals surface area contributed by atoms with E-state index >= 15 is 0 Å². The third kappa shape index (κ3) is 1.73. The van der Waals surface area contributed by atoms with Crippen LogP contribution in [0, 0.1) is 0 Å². The highest BCUT2D eigenvalue weighted by Gasteiger charge is 2.15. The van der Waals surface area contributed by atoms with E-state index < -0.39 is 5.97 Å². The quantitative estimate of drug-likeness (QED) is 0.749. The van der Waals surface area contributed by atoms with Crippen molar-refractivity contribution in [2.75, 3.05) is 6.61 Å². The van der Waals surface area contributed by atoms with Crippen LogP contribution in [0.5, 0.6) is 0 Å². The second-order valence-corrected chi connectivity index (χ2v) is 4.16. The number of carboxylic acid groups (broad SMARTS) is 1. The minimum Gasteiger partial charge on any atom is -0.477 e. The number of rotatable bonds is 1. The number of fused-ring (bicyclic) bond motifs is 1. The van der Waals surface area contributed by atoms with E-state index in [0.29, 0.717) is 11.5 Å². The highest BCUT2D eigenvalue weighted by Crippen LogP contribution is 2.26. The topological polar surface area (TPSA) is 46.5 Å². The van der Waals surface area contributed by atoms with Gasteiger partial charge in [-0.15, -0.1) is 11.3 Å². The van der Waals surface area contributed by atoms with Gasteiger partial charge in [0.1, 0.15) is 4.88 Å². The second kappa shape index (κ2) is 3.47. The van der Waals surface area contributed by atoms with Crippen LogP contribution in [-0.4, -0.2) is 17.7 Å². The first-order chi connectivity index (χ1) is 6.27. The lowest BCUT2D eigenvalue weighted by Gasteiger charge is -1.94. The molecule has 1 N–H and O–H groups in total. The fourth-order valence-corrected chi connectivity index (χ4v) is 2.47. The third-order valence-electron chi connectivity index (χ3n) is 2.06. The van der Waals surface area contributed by atoms with Gasteiger partial charge in [-0.2, -0.15) is 0 Å². The minimum absolute atomic E-state index is 0.426. The maximum atomic E-state index is 10.7. The Labute approximate surface area is 80.0 Å². The third-order valence-corrected chi connectivity index (χ3v) is 3.28. The van der Waals surface area contributed by atoms with E-state index in [0.717, 1.165) is 25.0 Å². The number of carboxylic acids is 1. The van der Waals surface area contributed by atoms with Gasteiger partial charge in [-0.25, -0.2) is 4.79 Å². The number of aromatic carboxylic acids is 1. The van der Waals surface area contributed by atoms with Crippen LogP contribution >= 0.6 is 11.3 Å². The van der Waals surface area contributed by atoms with E-state index in [2.05, 4.69) is 0 Å². The summed E-state index contributed by atoms with van der Waals surface area (Å²) in [5.41, 5.74) is 1.06. The maximum absolute atomic E-state index is 10.7. The van der Waals surface area contributed by atoms with Gasteiger partial charge >= 0.3 is 5.97 Å². The lowest BCUT2D eigenvalue weighted by Crippen LogP contribution is -1.92. The second-order valence-electron chi connectivity index (χ2n) is 3.02. The van der Waals surface area contributed by atoms with Crippen molar-refractivity contribution in [3.63, 3.8) is 0 Å². The van der Waals surface area contributed by atoms with Crippen molar-refractivity contribution < 1.29 is 14.6 Å². The molecule has 70 valence electrons. The van der Waals surface area contributed by atoms with Crippen molar-refractivity contribution in [3.05, 3.63) is 21.4 Å². The van der Waals surface area contributed by atoms with E-state index in [1.54, 1.807) is 6.07 Å². The Morgan fingerprint density at radius 1 is 1.62 bits per heavy atom.